The zero-order chi connectivity index (χ0) is 20.9. The van der Waals surface area contributed by atoms with Crippen LogP contribution in [0.4, 0.5) is 4.79 Å². The molecule has 0 unspecified atom stereocenters. The molecule has 0 atom stereocenters. The highest BCUT2D eigenvalue weighted by Gasteiger charge is 2.32. The van der Waals surface area contributed by atoms with E-state index in [0.29, 0.717) is 6.29 Å². The van der Waals surface area contributed by atoms with Gasteiger partial charge in [-0.2, -0.15) is 0 Å². The highest BCUT2D eigenvalue weighted by atomic mass is 16.5. The van der Waals surface area contributed by atoms with Gasteiger partial charge in [0, 0.05) is 5.92 Å². The summed E-state index contributed by atoms with van der Waals surface area (Å²) in [4.78, 5) is 34.7. The van der Waals surface area contributed by atoms with Gasteiger partial charge in [-0.15, -0.1) is 0 Å². The van der Waals surface area contributed by atoms with Crippen LogP contribution in [0.25, 0.3) is 11.1 Å². The van der Waals surface area contributed by atoms with Gasteiger partial charge in [-0.1, -0.05) is 48.5 Å². The summed E-state index contributed by atoms with van der Waals surface area (Å²) < 4.78 is 10.4. The second kappa shape index (κ2) is 8.87. The molecule has 29 heavy (non-hydrogen) atoms. The van der Waals surface area contributed by atoms with Gasteiger partial charge in [0.15, 0.2) is 0 Å². The fourth-order valence-corrected chi connectivity index (χ4v) is 3.39. The molecule has 0 fully saturated rings. The molecule has 0 heterocycles. The molecule has 7 heteroatoms. The number of alkyl carbamates (subject to hydrolysis) is 1. The number of hydrogen-bond donors (Lipinski definition) is 2. The van der Waals surface area contributed by atoms with E-state index in [1.807, 2.05) is 36.4 Å². The quantitative estimate of drug-likeness (QED) is 0.406. The maximum Gasteiger partial charge on any atom is 0.408 e. The van der Waals surface area contributed by atoms with E-state index in [0.717, 1.165) is 22.3 Å². The summed E-state index contributed by atoms with van der Waals surface area (Å²) in [7, 11) is 0. The van der Waals surface area contributed by atoms with E-state index in [2.05, 4.69) is 22.8 Å². The summed E-state index contributed by atoms with van der Waals surface area (Å²) in [6.45, 7) is 3.06. The minimum Gasteiger partial charge on any atom is -0.449 e. The predicted octanol–water partition coefficient (Wildman–Crippen LogP) is 2.59. The smallest absolute Gasteiger partial charge is 0.408 e. The lowest BCUT2D eigenvalue weighted by Crippen LogP contribution is -2.55. The fraction of sp³-hybridized carbons (Fsp3) is 0.318. The average molecular weight is 396 g/mol. The second-order valence-electron chi connectivity index (χ2n) is 7.26. The Hall–Kier alpha value is -3.19. The van der Waals surface area contributed by atoms with Crippen molar-refractivity contribution in [2.24, 2.45) is 0 Å². The van der Waals surface area contributed by atoms with Crippen LogP contribution in [-0.4, -0.2) is 43.8 Å². The van der Waals surface area contributed by atoms with Crippen molar-refractivity contribution in [3.63, 3.8) is 0 Å². The van der Waals surface area contributed by atoms with E-state index in [-0.39, 0.29) is 25.9 Å². The summed E-state index contributed by atoms with van der Waals surface area (Å²) >= 11 is 0. The molecule has 1 aliphatic carbocycles. The molecule has 0 aromatic heterocycles. The number of benzene rings is 2. The first-order valence-electron chi connectivity index (χ1n) is 9.37. The normalized spacial score (nSPS) is 12.6. The van der Waals surface area contributed by atoms with E-state index in [9.17, 15) is 14.4 Å². The zero-order valence-corrected chi connectivity index (χ0v) is 16.4. The maximum atomic E-state index is 12.3. The molecule has 0 bridgehead atoms. The summed E-state index contributed by atoms with van der Waals surface area (Å²) in [5.74, 6) is -0.501. The number of carbonyl (C=O) groups is 3. The molecule has 0 saturated heterocycles. The van der Waals surface area contributed by atoms with E-state index < -0.39 is 17.5 Å². The Morgan fingerprint density at radius 2 is 1.62 bits per heavy atom. The predicted molar refractivity (Wildman–Crippen MR) is 107 cm³/mol. The van der Waals surface area contributed by atoms with Gasteiger partial charge in [-0.3, -0.25) is 4.79 Å². The Kier molecular flexibility index (Phi) is 6.29. The minimum absolute atomic E-state index is 0.0539. The third-order valence-electron chi connectivity index (χ3n) is 4.85. The van der Waals surface area contributed by atoms with E-state index in [1.165, 1.54) is 0 Å². The van der Waals surface area contributed by atoms with Gasteiger partial charge in [-0.25, -0.2) is 4.79 Å². The molecule has 0 aliphatic heterocycles. The van der Waals surface area contributed by atoms with Crippen LogP contribution in [-0.2, 0) is 19.1 Å². The topological polar surface area (TPSA) is 93.7 Å². The number of fused-ring (bicyclic) bond motifs is 3. The van der Waals surface area contributed by atoms with Crippen molar-refractivity contribution in [1.29, 1.82) is 0 Å². The largest absolute Gasteiger partial charge is 0.449 e. The number of amides is 2. The summed E-state index contributed by atoms with van der Waals surface area (Å²) in [5.41, 5.74) is 3.32. The van der Waals surface area contributed by atoms with Crippen LogP contribution in [0.15, 0.2) is 48.5 Å². The van der Waals surface area contributed by atoms with Crippen molar-refractivity contribution >= 4 is 18.3 Å². The van der Waals surface area contributed by atoms with Gasteiger partial charge in [0.2, 0.25) is 5.91 Å². The first-order chi connectivity index (χ1) is 13.9. The first kappa shape index (κ1) is 20.5. The van der Waals surface area contributed by atoms with Crippen molar-refractivity contribution in [2.45, 2.75) is 25.3 Å². The van der Waals surface area contributed by atoms with Gasteiger partial charge < -0.3 is 24.9 Å². The van der Waals surface area contributed by atoms with Crippen LogP contribution in [0.3, 0.4) is 0 Å². The number of hydrogen-bond acceptors (Lipinski definition) is 5. The van der Waals surface area contributed by atoms with Crippen LogP contribution in [0, 0.1) is 0 Å². The molecule has 152 valence electrons. The third kappa shape index (κ3) is 4.63. The van der Waals surface area contributed by atoms with Crippen molar-refractivity contribution in [1.82, 2.24) is 10.6 Å². The Morgan fingerprint density at radius 1 is 1.03 bits per heavy atom. The number of aldehydes is 1. The SMILES string of the molecule is CC(C)(NC(=O)OCC1c2ccccc2-c2ccccc21)C(=O)NCOCC=O. The lowest BCUT2D eigenvalue weighted by molar-refractivity contribution is -0.128. The van der Waals surface area contributed by atoms with Crippen molar-refractivity contribution in [3.8, 4) is 11.1 Å². The molecule has 0 saturated carbocycles. The molecule has 0 spiro atoms. The van der Waals surface area contributed by atoms with Crippen molar-refractivity contribution in [2.75, 3.05) is 19.9 Å². The molecule has 3 rings (SSSR count). The molecular weight excluding hydrogens is 372 g/mol. The number of carbonyl (C=O) groups excluding carboxylic acids is 3. The number of ether oxygens (including phenoxy) is 2. The van der Waals surface area contributed by atoms with E-state index in [1.54, 1.807) is 13.8 Å². The first-order valence-corrected chi connectivity index (χ1v) is 9.37. The third-order valence-corrected chi connectivity index (χ3v) is 4.85. The highest BCUT2D eigenvalue weighted by molar-refractivity contribution is 5.89. The molecule has 2 aromatic carbocycles. The van der Waals surface area contributed by atoms with Crippen molar-refractivity contribution < 1.29 is 23.9 Å². The number of rotatable bonds is 8. The van der Waals surface area contributed by atoms with Gasteiger partial charge in [0.25, 0.3) is 0 Å². The molecule has 2 N–H and O–H groups in total. The lowest BCUT2D eigenvalue weighted by atomic mass is 9.98. The average Bonchev–Trinajstić information content (AvgIpc) is 3.03. The van der Waals surface area contributed by atoms with Crippen LogP contribution in [0.5, 0.6) is 0 Å². The monoisotopic (exact) mass is 396 g/mol. The number of nitrogens with one attached hydrogen (secondary N) is 2. The Balaban J connectivity index is 1.59. The van der Waals surface area contributed by atoms with Gasteiger partial charge in [0.05, 0.1) is 0 Å². The minimum atomic E-state index is -1.20. The molecule has 0 radical (unpaired) electrons. The molecule has 7 nitrogen and oxygen atoms in total. The van der Waals surface area contributed by atoms with Gasteiger partial charge in [0.1, 0.15) is 31.8 Å². The Morgan fingerprint density at radius 3 is 2.21 bits per heavy atom. The highest BCUT2D eigenvalue weighted by Crippen LogP contribution is 2.44. The maximum absolute atomic E-state index is 12.3. The zero-order valence-electron chi connectivity index (χ0n) is 16.4. The van der Waals surface area contributed by atoms with Crippen LogP contribution >= 0.6 is 0 Å². The fourth-order valence-electron chi connectivity index (χ4n) is 3.39. The van der Waals surface area contributed by atoms with Crippen LogP contribution in [0.2, 0.25) is 0 Å². The van der Waals surface area contributed by atoms with E-state index in [4.69, 9.17) is 9.47 Å². The Bertz CT molecular complexity index is 864. The van der Waals surface area contributed by atoms with Crippen LogP contribution < -0.4 is 10.6 Å². The van der Waals surface area contributed by atoms with Crippen molar-refractivity contribution in [3.05, 3.63) is 59.7 Å². The second-order valence-corrected chi connectivity index (χ2v) is 7.26. The van der Waals surface area contributed by atoms with Crippen LogP contribution in [0.1, 0.15) is 30.9 Å². The summed E-state index contributed by atoms with van der Waals surface area (Å²) in [5, 5.41) is 5.07. The summed E-state index contributed by atoms with van der Waals surface area (Å²) in [6.07, 6.45) is -0.0903. The molecule has 2 amide bonds. The van der Waals surface area contributed by atoms with E-state index >= 15 is 0 Å². The summed E-state index contributed by atoms with van der Waals surface area (Å²) in [6, 6.07) is 16.1. The standard InChI is InChI=1S/C22H24N2O5/c1-22(2,20(26)23-14-28-12-11-25)24-21(27)29-13-19-17-9-5-3-7-15(17)16-8-4-6-10-18(16)19/h3-11,19H,12-14H2,1-2H3,(H,23,26)(H,24,27). The molecule has 1 aliphatic rings. The lowest BCUT2D eigenvalue weighted by Gasteiger charge is -2.25. The molecular formula is C22H24N2O5. The molecule has 2 aromatic rings. The Labute approximate surface area is 169 Å². The van der Waals surface area contributed by atoms with Gasteiger partial charge in [-0.05, 0) is 36.1 Å². The van der Waals surface area contributed by atoms with Gasteiger partial charge >= 0.3 is 6.09 Å².